The molecule has 2 aromatic rings. The van der Waals surface area contributed by atoms with Crippen LogP contribution >= 0.6 is 0 Å². The van der Waals surface area contributed by atoms with E-state index in [9.17, 15) is 23.3 Å². The zero-order chi connectivity index (χ0) is 19.4. The van der Waals surface area contributed by atoms with Crippen LogP contribution in [0.1, 0.15) is 30.4 Å². The average molecular weight is 380 g/mol. The molecule has 1 N–H and O–H groups in total. The molecule has 27 heavy (non-hydrogen) atoms. The number of nitro groups is 1. The number of alkyl halides is 3. The van der Waals surface area contributed by atoms with Crippen molar-refractivity contribution in [2.75, 3.05) is 23.3 Å². The van der Waals surface area contributed by atoms with Crippen LogP contribution in [0.2, 0.25) is 0 Å². The second-order valence-corrected chi connectivity index (χ2v) is 6.41. The topological polar surface area (TPSA) is 71.3 Å². The number of aromatic nitrogens is 1. The maximum Gasteiger partial charge on any atom is 0.416 e. The highest BCUT2D eigenvalue weighted by molar-refractivity contribution is 5.63. The number of piperidine rings is 1. The van der Waals surface area contributed by atoms with Gasteiger partial charge in [-0.15, -0.1) is 0 Å². The number of rotatable bonds is 5. The van der Waals surface area contributed by atoms with E-state index in [0.717, 1.165) is 49.4 Å². The molecule has 1 saturated heterocycles. The molecule has 0 bridgehead atoms. The number of nitrogens with one attached hydrogen (secondary N) is 1. The number of pyridine rings is 1. The van der Waals surface area contributed by atoms with Gasteiger partial charge in [0.25, 0.3) is 5.69 Å². The lowest BCUT2D eigenvalue weighted by atomic mass is 10.1. The molecule has 0 amide bonds. The van der Waals surface area contributed by atoms with Crippen molar-refractivity contribution >= 4 is 17.2 Å². The third-order valence-corrected chi connectivity index (χ3v) is 4.49. The number of halogens is 3. The molecule has 1 aromatic carbocycles. The molecule has 1 aromatic heterocycles. The van der Waals surface area contributed by atoms with Gasteiger partial charge in [-0.1, -0.05) is 0 Å². The summed E-state index contributed by atoms with van der Waals surface area (Å²) in [5, 5.41) is 14.0. The largest absolute Gasteiger partial charge is 0.416 e. The molecular formula is C18H19F3N4O2. The van der Waals surface area contributed by atoms with E-state index in [1.807, 2.05) is 6.07 Å². The molecule has 0 aliphatic carbocycles. The average Bonchev–Trinajstić information content (AvgIpc) is 2.66. The highest BCUT2D eigenvalue weighted by Gasteiger charge is 2.33. The van der Waals surface area contributed by atoms with Gasteiger partial charge in [-0.3, -0.25) is 10.1 Å². The van der Waals surface area contributed by atoms with Gasteiger partial charge < -0.3 is 10.2 Å². The minimum atomic E-state index is -4.63. The van der Waals surface area contributed by atoms with E-state index in [1.54, 1.807) is 12.3 Å². The molecule has 0 radical (unpaired) electrons. The van der Waals surface area contributed by atoms with Gasteiger partial charge in [0, 0.05) is 31.9 Å². The van der Waals surface area contributed by atoms with Crippen molar-refractivity contribution in [2.45, 2.75) is 32.0 Å². The van der Waals surface area contributed by atoms with Crippen LogP contribution in [0.5, 0.6) is 0 Å². The van der Waals surface area contributed by atoms with Crippen LogP contribution in [0.25, 0.3) is 0 Å². The Morgan fingerprint density at radius 1 is 1.15 bits per heavy atom. The molecule has 0 atom stereocenters. The van der Waals surface area contributed by atoms with E-state index in [1.165, 1.54) is 6.42 Å². The SMILES string of the molecule is O=[N+]([O-])c1cc(C(F)(F)F)ccc1NCc1ccnc(N2CCCCC2)c1. The van der Waals surface area contributed by atoms with Crippen molar-refractivity contribution in [2.24, 2.45) is 0 Å². The predicted molar refractivity (Wildman–Crippen MR) is 95.7 cm³/mol. The molecule has 0 unspecified atom stereocenters. The summed E-state index contributed by atoms with van der Waals surface area (Å²) in [6.45, 7) is 2.12. The smallest absolute Gasteiger partial charge is 0.375 e. The minimum absolute atomic E-state index is 0.0457. The van der Waals surface area contributed by atoms with Crippen LogP contribution in [0.4, 0.5) is 30.4 Å². The first-order chi connectivity index (χ1) is 12.8. The molecule has 3 rings (SSSR count). The Balaban J connectivity index is 1.75. The van der Waals surface area contributed by atoms with E-state index in [2.05, 4.69) is 15.2 Å². The van der Waals surface area contributed by atoms with Crippen molar-refractivity contribution in [1.29, 1.82) is 0 Å². The molecule has 144 valence electrons. The van der Waals surface area contributed by atoms with Crippen molar-refractivity contribution in [3.63, 3.8) is 0 Å². The monoisotopic (exact) mass is 380 g/mol. The Kier molecular flexibility index (Phi) is 5.48. The van der Waals surface area contributed by atoms with Crippen molar-refractivity contribution in [3.8, 4) is 0 Å². The summed E-state index contributed by atoms with van der Waals surface area (Å²) >= 11 is 0. The van der Waals surface area contributed by atoms with Crippen LogP contribution in [-0.2, 0) is 12.7 Å². The molecule has 1 fully saturated rings. The maximum absolute atomic E-state index is 12.8. The zero-order valence-electron chi connectivity index (χ0n) is 14.5. The lowest BCUT2D eigenvalue weighted by molar-refractivity contribution is -0.384. The van der Waals surface area contributed by atoms with Crippen LogP contribution in [0, 0.1) is 10.1 Å². The molecule has 2 heterocycles. The first-order valence-corrected chi connectivity index (χ1v) is 8.64. The van der Waals surface area contributed by atoms with E-state index >= 15 is 0 Å². The molecule has 9 heteroatoms. The molecule has 1 aliphatic rings. The van der Waals surface area contributed by atoms with Gasteiger partial charge in [-0.2, -0.15) is 13.2 Å². The van der Waals surface area contributed by atoms with Gasteiger partial charge in [-0.25, -0.2) is 4.98 Å². The third-order valence-electron chi connectivity index (χ3n) is 4.49. The Morgan fingerprint density at radius 3 is 2.56 bits per heavy atom. The number of anilines is 2. The summed E-state index contributed by atoms with van der Waals surface area (Å²) in [5.41, 5.74) is -0.754. The summed E-state index contributed by atoms with van der Waals surface area (Å²) < 4.78 is 38.3. The fourth-order valence-corrected chi connectivity index (χ4v) is 3.07. The molecular weight excluding hydrogens is 361 g/mol. The number of nitrogens with zero attached hydrogens (tertiary/aromatic N) is 3. The Bertz CT molecular complexity index is 820. The quantitative estimate of drug-likeness (QED) is 0.606. The van der Waals surface area contributed by atoms with Crippen LogP contribution in [0.3, 0.4) is 0 Å². The third kappa shape index (κ3) is 4.66. The summed E-state index contributed by atoms with van der Waals surface area (Å²) in [5.74, 6) is 0.843. The van der Waals surface area contributed by atoms with Crippen molar-refractivity contribution in [1.82, 2.24) is 4.98 Å². The van der Waals surface area contributed by atoms with Crippen molar-refractivity contribution < 1.29 is 18.1 Å². The Hall–Kier alpha value is -2.84. The number of hydrogen-bond donors (Lipinski definition) is 1. The van der Waals surface area contributed by atoms with Gasteiger partial charge in [0.2, 0.25) is 0 Å². The first kappa shape index (κ1) is 18.9. The van der Waals surface area contributed by atoms with E-state index in [4.69, 9.17) is 0 Å². The predicted octanol–water partition coefficient (Wildman–Crippen LogP) is 4.61. The lowest BCUT2D eigenvalue weighted by Crippen LogP contribution is -2.30. The fourth-order valence-electron chi connectivity index (χ4n) is 3.07. The molecule has 1 aliphatic heterocycles. The molecule has 0 saturated carbocycles. The summed E-state index contributed by atoms with van der Waals surface area (Å²) in [4.78, 5) is 16.9. The Labute approximate surface area is 154 Å². The van der Waals surface area contributed by atoms with E-state index < -0.39 is 22.4 Å². The van der Waals surface area contributed by atoms with Crippen LogP contribution < -0.4 is 10.2 Å². The number of nitro benzene ring substituents is 1. The van der Waals surface area contributed by atoms with Crippen LogP contribution in [0.15, 0.2) is 36.5 Å². The Morgan fingerprint density at radius 2 is 1.89 bits per heavy atom. The number of benzene rings is 1. The van der Waals surface area contributed by atoms with Gasteiger partial charge in [0.1, 0.15) is 11.5 Å². The highest BCUT2D eigenvalue weighted by Crippen LogP contribution is 2.35. The highest BCUT2D eigenvalue weighted by atomic mass is 19.4. The summed E-state index contributed by atoms with van der Waals surface area (Å²) in [6, 6.07) is 6.15. The van der Waals surface area contributed by atoms with E-state index in [-0.39, 0.29) is 12.2 Å². The zero-order valence-corrected chi connectivity index (χ0v) is 14.5. The van der Waals surface area contributed by atoms with E-state index in [0.29, 0.717) is 6.07 Å². The standard InChI is InChI=1S/C18H19F3N4O2/c19-18(20,21)14-4-5-15(16(11-14)25(26)27)23-12-13-6-7-22-17(10-13)24-8-2-1-3-9-24/h4-7,10-11,23H,1-3,8-9,12H2. The minimum Gasteiger partial charge on any atom is -0.375 e. The fraction of sp³-hybridized carbons (Fsp3) is 0.389. The van der Waals surface area contributed by atoms with Gasteiger partial charge in [-0.05, 0) is 49.1 Å². The number of hydrogen-bond acceptors (Lipinski definition) is 5. The molecule has 0 spiro atoms. The summed E-state index contributed by atoms with van der Waals surface area (Å²) in [7, 11) is 0. The second-order valence-electron chi connectivity index (χ2n) is 6.41. The molecule has 6 nitrogen and oxygen atoms in total. The van der Waals surface area contributed by atoms with Gasteiger partial charge in [0.05, 0.1) is 10.5 Å². The van der Waals surface area contributed by atoms with Gasteiger partial charge in [0.15, 0.2) is 0 Å². The van der Waals surface area contributed by atoms with Crippen molar-refractivity contribution in [3.05, 3.63) is 57.8 Å². The first-order valence-electron chi connectivity index (χ1n) is 8.64. The maximum atomic E-state index is 12.8. The van der Waals surface area contributed by atoms with Gasteiger partial charge >= 0.3 is 6.18 Å². The van der Waals surface area contributed by atoms with Crippen LogP contribution in [-0.4, -0.2) is 23.0 Å². The normalized spacial score (nSPS) is 14.9. The lowest BCUT2D eigenvalue weighted by Gasteiger charge is -2.28. The second kappa shape index (κ2) is 7.81. The summed E-state index contributed by atoms with van der Waals surface area (Å²) in [6.07, 6.45) is 0.471.